The van der Waals surface area contributed by atoms with E-state index in [2.05, 4.69) is 29.9 Å². The van der Waals surface area contributed by atoms with Gasteiger partial charge in [0, 0.05) is 6.92 Å². The van der Waals surface area contributed by atoms with Gasteiger partial charge in [0.25, 0.3) is 0 Å². The first kappa shape index (κ1) is 20.1. The molecule has 1 rings (SSSR count). The van der Waals surface area contributed by atoms with Gasteiger partial charge in [-0.2, -0.15) is 0 Å². The quantitative estimate of drug-likeness (QED) is 0.305. The predicted octanol–water partition coefficient (Wildman–Crippen LogP) is 4.59. The molecule has 0 atom stereocenters. The Morgan fingerprint density at radius 2 is 1.86 bits per heavy atom. The van der Waals surface area contributed by atoms with Crippen LogP contribution in [-0.2, 0) is 20.7 Å². The van der Waals surface area contributed by atoms with Crippen molar-refractivity contribution in [1.82, 2.24) is 0 Å². The van der Waals surface area contributed by atoms with Crippen LogP contribution in [-0.4, -0.2) is 18.9 Å². The van der Waals surface area contributed by atoms with Crippen LogP contribution >= 0.6 is 0 Å². The number of hydrogen-bond donors (Lipinski definition) is 0. The van der Waals surface area contributed by atoms with E-state index < -0.39 is 0 Å². The van der Waals surface area contributed by atoms with Crippen molar-refractivity contribution >= 4 is 18.3 Å². The summed E-state index contributed by atoms with van der Waals surface area (Å²) in [4.78, 5) is 20.2. The third kappa shape index (κ3) is 10.8. The summed E-state index contributed by atoms with van der Waals surface area (Å²) in [5.74, 6) is -0.193. The van der Waals surface area contributed by atoms with Gasteiger partial charge in [-0.3, -0.25) is 9.59 Å². The minimum Gasteiger partial charge on any atom is -0.466 e. The zero-order chi connectivity index (χ0) is 16.6. The molecule has 22 heavy (non-hydrogen) atoms. The average Bonchev–Trinajstić information content (AvgIpc) is 2.53. The number of unbranched alkanes of at least 4 members (excludes halogenated alkanes) is 2. The molecule has 0 aliphatic rings. The SMILES string of the molecule is CCCCCc1ccccc1/C=C/C=O.CCCOC(C)=O. The summed E-state index contributed by atoms with van der Waals surface area (Å²) in [7, 11) is 0. The highest BCUT2D eigenvalue weighted by Crippen LogP contribution is 2.14. The second-order valence-corrected chi connectivity index (χ2v) is 4.99. The Morgan fingerprint density at radius 1 is 1.14 bits per heavy atom. The molecule has 0 aliphatic carbocycles. The van der Waals surface area contributed by atoms with E-state index in [0.29, 0.717) is 6.61 Å². The lowest BCUT2D eigenvalue weighted by molar-refractivity contribution is -0.140. The van der Waals surface area contributed by atoms with E-state index in [0.717, 1.165) is 19.1 Å². The number of allylic oxidation sites excluding steroid dienone is 1. The highest BCUT2D eigenvalue weighted by atomic mass is 16.5. The maximum absolute atomic E-state index is 10.3. The molecule has 0 saturated heterocycles. The molecule has 122 valence electrons. The van der Waals surface area contributed by atoms with Crippen molar-refractivity contribution in [2.45, 2.75) is 52.9 Å². The molecule has 0 heterocycles. The molecule has 3 nitrogen and oxygen atoms in total. The van der Waals surface area contributed by atoms with Gasteiger partial charge in [-0.1, -0.05) is 57.0 Å². The Kier molecular flexibility index (Phi) is 12.8. The van der Waals surface area contributed by atoms with Gasteiger partial charge in [0.1, 0.15) is 6.29 Å². The average molecular weight is 304 g/mol. The predicted molar refractivity (Wildman–Crippen MR) is 91.7 cm³/mol. The van der Waals surface area contributed by atoms with Gasteiger partial charge in [0.2, 0.25) is 0 Å². The molecule has 1 aromatic carbocycles. The Hall–Kier alpha value is -1.90. The molecule has 0 aliphatic heterocycles. The van der Waals surface area contributed by atoms with Crippen molar-refractivity contribution in [3.63, 3.8) is 0 Å². The fraction of sp³-hybridized carbons (Fsp3) is 0.474. The number of rotatable bonds is 8. The highest BCUT2D eigenvalue weighted by Gasteiger charge is 1.97. The highest BCUT2D eigenvalue weighted by molar-refractivity contribution is 5.74. The minimum absolute atomic E-state index is 0.193. The first-order valence-electron chi connectivity index (χ1n) is 7.98. The number of aldehydes is 1. The van der Waals surface area contributed by atoms with E-state index in [4.69, 9.17) is 0 Å². The second kappa shape index (κ2) is 14.1. The standard InChI is InChI=1S/C14H18O.C5H10O2/c1-2-3-4-8-13-9-5-6-10-14(13)11-7-12-15;1-3-4-7-5(2)6/h5-7,9-12H,2-4,8H2,1H3;3-4H2,1-2H3/b11-7+;. The van der Waals surface area contributed by atoms with E-state index in [-0.39, 0.29) is 5.97 Å². The normalized spacial score (nSPS) is 9.95. The topological polar surface area (TPSA) is 43.4 Å². The number of esters is 1. The monoisotopic (exact) mass is 304 g/mol. The molecule has 0 spiro atoms. The molecular weight excluding hydrogens is 276 g/mol. The molecule has 0 bridgehead atoms. The van der Waals surface area contributed by atoms with Crippen LogP contribution in [0.15, 0.2) is 30.3 Å². The molecule has 0 saturated carbocycles. The molecule has 0 amide bonds. The van der Waals surface area contributed by atoms with Gasteiger partial charge in [-0.25, -0.2) is 0 Å². The first-order chi connectivity index (χ1) is 10.7. The lowest BCUT2D eigenvalue weighted by Gasteiger charge is -2.04. The van der Waals surface area contributed by atoms with Crippen LogP contribution in [0.2, 0.25) is 0 Å². The van der Waals surface area contributed by atoms with Crippen LogP contribution in [0.1, 0.15) is 57.6 Å². The van der Waals surface area contributed by atoms with Crippen LogP contribution in [0, 0.1) is 0 Å². The van der Waals surface area contributed by atoms with Gasteiger partial charge >= 0.3 is 5.97 Å². The lowest BCUT2D eigenvalue weighted by atomic mass is 10.0. The number of carbonyl (C=O) groups is 2. The molecule has 0 N–H and O–H groups in total. The Morgan fingerprint density at radius 3 is 2.41 bits per heavy atom. The van der Waals surface area contributed by atoms with Crippen molar-refractivity contribution < 1.29 is 14.3 Å². The zero-order valence-electron chi connectivity index (χ0n) is 14.0. The number of ether oxygens (including phenoxy) is 1. The van der Waals surface area contributed by atoms with Gasteiger partial charge < -0.3 is 4.74 Å². The van der Waals surface area contributed by atoms with Crippen molar-refractivity contribution in [2.75, 3.05) is 6.61 Å². The summed E-state index contributed by atoms with van der Waals surface area (Å²) in [6.45, 7) is 6.13. The van der Waals surface area contributed by atoms with Crippen LogP contribution in [0.25, 0.3) is 6.08 Å². The summed E-state index contributed by atoms with van der Waals surface area (Å²) in [6, 6.07) is 8.26. The van der Waals surface area contributed by atoms with E-state index in [9.17, 15) is 9.59 Å². The summed E-state index contributed by atoms with van der Waals surface area (Å²) in [5.41, 5.74) is 2.50. The maximum Gasteiger partial charge on any atom is 0.302 e. The number of aryl methyl sites for hydroxylation is 1. The van der Waals surface area contributed by atoms with E-state index in [1.165, 1.54) is 37.3 Å². The van der Waals surface area contributed by atoms with Crippen LogP contribution in [0.4, 0.5) is 0 Å². The lowest BCUT2D eigenvalue weighted by Crippen LogP contribution is -1.98. The Labute approximate surface area is 134 Å². The third-order valence-corrected chi connectivity index (χ3v) is 2.97. The number of carbonyl (C=O) groups excluding carboxylic acids is 2. The largest absolute Gasteiger partial charge is 0.466 e. The van der Waals surface area contributed by atoms with Gasteiger partial charge in [-0.15, -0.1) is 0 Å². The van der Waals surface area contributed by atoms with Crippen molar-refractivity contribution in [1.29, 1.82) is 0 Å². The van der Waals surface area contributed by atoms with Crippen LogP contribution < -0.4 is 0 Å². The molecule has 3 heteroatoms. The maximum atomic E-state index is 10.3. The molecule has 0 fully saturated rings. The first-order valence-corrected chi connectivity index (χ1v) is 7.98. The molecular formula is C19H28O3. The number of hydrogen-bond acceptors (Lipinski definition) is 3. The van der Waals surface area contributed by atoms with Gasteiger partial charge in [0.05, 0.1) is 6.61 Å². The molecule has 0 unspecified atom stereocenters. The van der Waals surface area contributed by atoms with Gasteiger partial charge in [0.15, 0.2) is 0 Å². The minimum atomic E-state index is -0.193. The fourth-order valence-corrected chi connectivity index (χ4v) is 1.88. The van der Waals surface area contributed by atoms with Crippen molar-refractivity contribution in [2.24, 2.45) is 0 Å². The second-order valence-electron chi connectivity index (χ2n) is 4.99. The Bertz CT molecular complexity index is 450. The summed E-state index contributed by atoms with van der Waals surface area (Å²) in [6.07, 6.45) is 10.0. The van der Waals surface area contributed by atoms with Crippen LogP contribution in [0.5, 0.6) is 0 Å². The third-order valence-electron chi connectivity index (χ3n) is 2.97. The molecule has 0 radical (unpaired) electrons. The van der Waals surface area contributed by atoms with Crippen LogP contribution in [0.3, 0.4) is 0 Å². The van der Waals surface area contributed by atoms with E-state index in [1.54, 1.807) is 6.08 Å². The summed E-state index contributed by atoms with van der Waals surface area (Å²) >= 11 is 0. The fourth-order valence-electron chi connectivity index (χ4n) is 1.88. The zero-order valence-corrected chi connectivity index (χ0v) is 14.0. The molecule has 0 aromatic heterocycles. The summed E-state index contributed by atoms with van der Waals surface area (Å²) < 4.78 is 4.55. The van der Waals surface area contributed by atoms with Gasteiger partial charge in [-0.05, 0) is 36.5 Å². The van der Waals surface area contributed by atoms with E-state index >= 15 is 0 Å². The molecule has 1 aromatic rings. The van der Waals surface area contributed by atoms with E-state index in [1.807, 2.05) is 19.1 Å². The van der Waals surface area contributed by atoms with Crippen molar-refractivity contribution in [3.8, 4) is 0 Å². The summed E-state index contributed by atoms with van der Waals surface area (Å²) in [5, 5.41) is 0. The smallest absolute Gasteiger partial charge is 0.302 e. The Balaban J connectivity index is 0.000000534. The van der Waals surface area contributed by atoms with Crippen molar-refractivity contribution in [3.05, 3.63) is 41.5 Å². The number of benzene rings is 1.